The van der Waals surface area contributed by atoms with Gasteiger partial charge in [0.2, 0.25) is 0 Å². The first-order valence-corrected chi connectivity index (χ1v) is 11.5. The van der Waals surface area contributed by atoms with Crippen molar-refractivity contribution in [3.8, 4) is 17.5 Å². The Morgan fingerprint density at radius 3 is 2.58 bits per heavy atom. The number of nitrogens with zero attached hydrogens (tertiary/aromatic N) is 2. The molecular weight excluding hydrogens is 441 g/mol. The van der Waals surface area contributed by atoms with Crippen molar-refractivity contribution >= 4 is 28.9 Å². The minimum absolute atomic E-state index is 0.171. The number of nitrogens with one attached hydrogen (secondary N) is 1. The maximum absolute atomic E-state index is 14.2. The molecule has 1 heterocycles. The van der Waals surface area contributed by atoms with Gasteiger partial charge in [0.15, 0.2) is 5.57 Å². The first-order valence-electron chi connectivity index (χ1n) is 10.6. The average molecular weight is 466 g/mol. The summed E-state index contributed by atoms with van der Waals surface area (Å²) < 4.78 is 21.4. The summed E-state index contributed by atoms with van der Waals surface area (Å²) in [6, 6.07) is 14.8. The van der Waals surface area contributed by atoms with Crippen LogP contribution in [0, 0.1) is 17.1 Å². The zero-order chi connectivity index (χ0) is 23.8. The number of halogens is 1. The molecule has 0 spiro atoms. The van der Waals surface area contributed by atoms with Crippen LogP contribution in [0.25, 0.3) is 17.3 Å². The number of carbonyl (C=O) groups is 1. The van der Waals surface area contributed by atoms with Gasteiger partial charge in [-0.05, 0) is 49.8 Å². The molecule has 0 aliphatic heterocycles. The fourth-order valence-electron chi connectivity index (χ4n) is 3.14. The standard InChI is InChI=1S/C25H24FN3O3S/c1-3-5-14-28-23(30)20(16-27)25-29(18-10-12-19(13-11-18)32-4-2)24(31)22(33-25)15-17-8-6-7-9-21(17)26/h6-13,15H,3-5,14H2,1-2H3,(H,28,30)/b22-15-,25-20-. The van der Waals surface area contributed by atoms with Crippen molar-refractivity contribution < 1.29 is 13.9 Å². The molecule has 0 fully saturated rings. The van der Waals surface area contributed by atoms with E-state index in [1.807, 2.05) is 19.9 Å². The maximum Gasteiger partial charge on any atom is 0.273 e. The minimum atomic E-state index is -0.552. The lowest BCUT2D eigenvalue weighted by atomic mass is 10.2. The van der Waals surface area contributed by atoms with Crippen LogP contribution in [0.5, 0.6) is 5.75 Å². The van der Waals surface area contributed by atoms with Crippen LogP contribution in [-0.4, -0.2) is 23.6 Å². The number of rotatable bonds is 8. The third-order valence-corrected chi connectivity index (χ3v) is 5.88. The third kappa shape index (κ3) is 5.57. The normalized spacial score (nSPS) is 12.2. The van der Waals surface area contributed by atoms with Crippen LogP contribution in [0.1, 0.15) is 32.3 Å². The van der Waals surface area contributed by atoms with E-state index < -0.39 is 17.3 Å². The van der Waals surface area contributed by atoms with Gasteiger partial charge in [-0.15, -0.1) is 11.3 Å². The lowest BCUT2D eigenvalue weighted by Gasteiger charge is -2.07. The number of nitriles is 1. The first kappa shape index (κ1) is 24.0. The Hall–Kier alpha value is -3.70. The monoisotopic (exact) mass is 465 g/mol. The highest BCUT2D eigenvalue weighted by Gasteiger charge is 2.17. The van der Waals surface area contributed by atoms with Gasteiger partial charge >= 0.3 is 0 Å². The Labute approximate surface area is 194 Å². The summed E-state index contributed by atoms with van der Waals surface area (Å²) in [6.07, 6.45) is 3.09. The van der Waals surface area contributed by atoms with Crippen molar-refractivity contribution in [1.82, 2.24) is 9.88 Å². The van der Waals surface area contributed by atoms with Gasteiger partial charge in [0, 0.05) is 12.1 Å². The molecule has 0 unspecified atom stereocenters. The van der Waals surface area contributed by atoms with Crippen LogP contribution in [-0.2, 0) is 4.79 Å². The molecule has 0 atom stereocenters. The average Bonchev–Trinajstić information content (AvgIpc) is 3.12. The maximum atomic E-state index is 14.2. The van der Waals surface area contributed by atoms with Crippen LogP contribution in [0.4, 0.5) is 4.39 Å². The van der Waals surface area contributed by atoms with Crippen LogP contribution in [0.15, 0.2) is 53.3 Å². The fourth-order valence-corrected chi connectivity index (χ4v) is 4.23. The Balaban J connectivity index is 2.27. The molecule has 0 aliphatic carbocycles. The highest BCUT2D eigenvalue weighted by molar-refractivity contribution is 7.07. The van der Waals surface area contributed by atoms with Gasteiger partial charge in [0.25, 0.3) is 11.5 Å². The van der Waals surface area contributed by atoms with E-state index >= 15 is 0 Å². The molecular formula is C25H24FN3O3S. The molecule has 33 heavy (non-hydrogen) atoms. The van der Waals surface area contributed by atoms with Crippen molar-refractivity contribution in [3.63, 3.8) is 0 Å². The fraction of sp³-hybridized carbons (Fsp3) is 0.240. The smallest absolute Gasteiger partial charge is 0.273 e. The van der Waals surface area contributed by atoms with Gasteiger partial charge in [-0.2, -0.15) is 5.26 Å². The zero-order valence-electron chi connectivity index (χ0n) is 18.4. The molecule has 1 amide bonds. The van der Waals surface area contributed by atoms with E-state index in [1.54, 1.807) is 42.5 Å². The number of amides is 1. The van der Waals surface area contributed by atoms with Crippen molar-refractivity contribution in [2.75, 3.05) is 13.2 Å². The Morgan fingerprint density at radius 1 is 1.21 bits per heavy atom. The Kier molecular flexibility index (Phi) is 8.17. The highest BCUT2D eigenvalue weighted by Crippen LogP contribution is 2.14. The van der Waals surface area contributed by atoms with E-state index in [4.69, 9.17) is 4.74 Å². The van der Waals surface area contributed by atoms with Crippen molar-refractivity contribution in [1.29, 1.82) is 5.26 Å². The number of carbonyl (C=O) groups excluding carboxylic acids is 1. The topological polar surface area (TPSA) is 84.1 Å². The number of aromatic nitrogens is 1. The second kappa shape index (κ2) is 11.2. The van der Waals surface area contributed by atoms with Crippen molar-refractivity contribution in [2.45, 2.75) is 26.7 Å². The predicted octanol–water partition coefficient (Wildman–Crippen LogP) is 2.86. The minimum Gasteiger partial charge on any atom is -0.494 e. The van der Waals surface area contributed by atoms with Gasteiger partial charge in [-0.1, -0.05) is 31.5 Å². The van der Waals surface area contributed by atoms with Crippen molar-refractivity contribution in [2.24, 2.45) is 0 Å². The molecule has 1 aromatic heterocycles. The molecule has 8 heteroatoms. The lowest BCUT2D eigenvalue weighted by molar-refractivity contribution is -0.115. The first-order chi connectivity index (χ1) is 16.0. The molecule has 6 nitrogen and oxygen atoms in total. The third-order valence-electron chi connectivity index (χ3n) is 4.79. The molecule has 0 radical (unpaired) electrons. The molecule has 0 bridgehead atoms. The molecule has 1 N–H and O–H groups in total. The second-order valence-electron chi connectivity index (χ2n) is 7.10. The van der Waals surface area contributed by atoms with Crippen LogP contribution < -0.4 is 24.8 Å². The predicted molar refractivity (Wildman–Crippen MR) is 127 cm³/mol. The van der Waals surface area contributed by atoms with Crippen molar-refractivity contribution in [3.05, 3.63) is 79.5 Å². The molecule has 2 aromatic carbocycles. The summed E-state index contributed by atoms with van der Waals surface area (Å²) in [7, 11) is 0. The van der Waals surface area contributed by atoms with Gasteiger partial charge in [0.05, 0.1) is 16.8 Å². The summed E-state index contributed by atoms with van der Waals surface area (Å²) in [5, 5.41) is 12.5. The van der Waals surface area contributed by atoms with E-state index in [0.29, 0.717) is 24.6 Å². The summed E-state index contributed by atoms with van der Waals surface area (Å²) in [6.45, 7) is 4.78. The van der Waals surface area contributed by atoms with Gasteiger partial charge < -0.3 is 10.1 Å². The number of benzene rings is 2. The van der Waals surface area contributed by atoms with E-state index in [1.165, 1.54) is 16.7 Å². The van der Waals surface area contributed by atoms with E-state index in [-0.39, 0.29) is 20.3 Å². The van der Waals surface area contributed by atoms with E-state index in [2.05, 4.69) is 5.32 Å². The van der Waals surface area contributed by atoms with E-state index in [9.17, 15) is 19.2 Å². The van der Waals surface area contributed by atoms with Gasteiger partial charge in [-0.3, -0.25) is 14.2 Å². The molecule has 3 rings (SSSR count). The molecule has 0 aliphatic rings. The number of hydrogen-bond donors (Lipinski definition) is 1. The Morgan fingerprint density at radius 2 is 1.94 bits per heavy atom. The van der Waals surface area contributed by atoms with Gasteiger partial charge in [-0.25, -0.2) is 4.39 Å². The Bertz CT molecular complexity index is 1350. The van der Waals surface area contributed by atoms with Gasteiger partial charge in [0.1, 0.15) is 22.3 Å². The summed E-state index contributed by atoms with van der Waals surface area (Å²) in [5.74, 6) is -0.392. The summed E-state index contributed by atoms with van der Waals surface area (Å²) >= 11 is 0.976. The summed E-state index contributed by atoms with van der Waals surface area (Å²) in [5.41, 5.74) is 0.0935. The highest BCUT2D eigenvalue weighted by atomic mass is 32.1. The van der Waals surface area contributed by atoms with Crippen LogP contribution in [0.3, 0.4) is 0 Å². The van der Waals surface area contributed by atoms with E-state index in [0.717, 1.165) is 24.2 Å². The quantitative estimate of drug-likeness (QED) is 0.519. The molecule has 170 valence electrons. The zero-order valence-corrected chi connectivity index (χ0v) is 19.2. The molecule has 3 aromatic rings. The summed E-state index contributed by atoms with van der Waals surface area (Å²) in [4.78, 5) is 26.1. The van der Waals surface area contributed by atoms with Crippen LogP contribution in [0.2, 0.25) is 0 Å². The van der Waals surface area contributed by atoms with Crippen LogP contribution >= 0.6 is 11.3 Å². The SMILES string of the molecule is CCCCNC(=O)/C(C#N)=c1\s/c(=C\c2ccccc2F)c(=O)n1-c1ccc(OCC)cc1. The second-order valence-corrected chi connectivity index (χ2v) is 8.13. The number of hydrogen-bond acceptors (Lipinski definition) is 5. The number of unbranched alkanes of at least 4 members (excludes halogenated alkanes) is 1. The molecule has 0 saturated heterocycles. The number of ether oxygens (including phenoxy) is 1. The molecule has 0 saturated carbocycles. The number of thiazole rings is 1. The largest absolute Gasteiger partial charge is 0.494 e. The lowest BCUT2D eigenvalue weighted by Crippen LogP contribution is -2.34.